The van der Waals surface area contributed by atoms with Crippen LogP contribution in [0.15, 0.2) is 0 Å². The third-order valence-corrected chi connectivity index (χ3v) is 5.51. The zero-order valence-corrected chi connectivity index (χ0v) is 18.9. The second kappa shape index (κ2) is 21.1. The van der Waals surface area contributed by atoms with E-state index >= 15 is 0 Å². The number of hydrogen-bond acceptors (Lipinski definition) is 3. The Morgan fingerprint density at radius 1 is 0.643 bits per heavy atom. The van der Waals surface area contributed by atoms with Gasteiger partial charge in [-0.3, -0.25) is 4.79 Å². The molecule has 0 aromatic rings. The van der Waals surface area contributed by atoms with Gasteiger partial charge in [-0.05, 0) is 25.7 Å². The molecule has 0 heterocycles. The molecule has 0 aliphatic carbocycles. The number of carbonyl (C=O) groups excluding carboxylic acids is 1. The van der Waals surface area contributed by atoms with Crippen LogP contribution < -0.4 is 5.32 Å². The van der Waals surface area contributed by atoms with Gasteiger partial charge < -0.3 is 15.5 Å². The van der Waals surface area contributed by atoms with Gasteiger partial charge in [0.1, 0.15) is 0 Å². The fraction of sp³-hybridized carbons (Fsp3) is 0.958. The standard InChI is InChI=1S/C24H49NO3/c1-3-5-7-14-18-22(26)19-15-12-10-8-9-11-13-16-20-24(28)25-21-23(27)17-6-4-2/h22-23,26-27H,3-21H2,1-2H3,(H,25,28). The van der Waals surface area contributed by atoms with Crippen molar-refractivity contribution >= 4 is 5.91 Å². The lowest BCUT2D eigenvalue weighted by atomic mass is 10.0. The van der Waals surface area contributed by atoms with E-state index in [1.54, 1.807) is 0 Å². The van der Waals surface area contributed by atoms with Crippen LogP contribution in [0.3, 0.4) is 0 Å². The molecule has 2 atom stereocenters. The molecule has 0 radical (unpaired) electrons. The van der Waals surface area contributed by atoms with Gasteiger partial charge in [-0.2, -0.15) is 0 Å². The third kappa shape index (κ3) is 20.1. The van der Waals surface area contributed by atoms with Crippen molar-refractivity contribution < 1.29 is 15.0 Å². The Labute approximate surface area is 174 Å². The summed E-state index contributed by atoms with van der Waals surface area (Å²) in [6.07, 6.45) is 19.3. The average Bonchev–Trinajstić information content (AvgIpc) is 2.69. The highest BCUT2D eigenvalue weighted by atomic mass is 16.3. The molecule has 0 aliphatic heterocycles. The van der Waals surface area contributed by atoms with Crippen LogP contribution >= 0.6 is 0 Å². The summed E-state index contributed by atoms with van der Waals surface area (Å²) in [6.45, 7) is 4.72. The highest BCUT2D eigenvalue weighted by Gasteiger charge is 2.06. The molecule has 0 saturated carbocycles. The molecule has 4 heteroatoms. The summed E-state index contributed by atoms with van der Waals surface area (Å²) in [5.41, 5.74) is 0. The van der Waals surface area contributed by atoms with Gasteiger partial charge in [0, 0.05) is 13.0 Å². The Bertz CT molecular complexity index is 336. The monoisotopic (exact) mass is 399 g/mol. The van der Waals surface area contributed by atoms with E-state index < -0.39 is 6.10 Å². The molecule has 0 rings (SSSR count). The van der Waals surface area contributed by atoms with E-state index in [4.69, 9.17) is 0 Å². The summed E-state index contributed by atoms with van der Waals surface area (Å²) in [4.78, 5) is 11.7. The van der Waals surface area contributed by atoms with E-state index in [0.29, 0.717) is 13.0 Å². The highest BCUT2D eigenvalue weighted by Crippen LogP contribution is 2.14. The Balaban J connectivity index is 3.29. The fourth-order valence-corrected chi connectivity index (χ4v) is 3.54. The summed E-state index contributed by atoms with van der Waals surface area (Å²) in [5, 5.41) is 22.5. The Morgan fingerprint density at radius 3 is 1.68 bits per heavy atom. The Kier molecular flexibility index (Phi) is 20.6. The number of nitrogens with one attached hydrogen (secondary N) is 1. The lowest BCUT2D eigenvalue weighted by molar-refractivity contribution is -0.121. The van der Waals surface area contributed by atoms with Gasteiger partial charge in [0.25, 0.3) is 0 Å². The first-order valence-electron chi connectivity index (χ1n) is 12.2. The molecule has 0 spiro atoms. The van der Waals surface area contributed by atoms with E-state index in [-0.39, 0.29) is 12.0 Å². The zero-order valence-electron chi connectivity index (χ0n) is 18.9. The van der Waals surface area contributed by atoms with Crippen LogP contribution in [-0.4, -0.2) is 34.9 Å². The topological polar surface area (TPSA) is 69.6 Å². The molecule has 2 unspecified atom stereocenters. The molecule has 0 fully saturated rings. The number of amides is 1. The van der Waals surface area contributed by atoms with Gasteiger partial charge in [-0.1, -0.05) is 97.3 Å². The minimum absolute atomic E-state index is 0.0730. The number of aliphatic hydroxyl groups excluding tert-OH is 2. The van der Waals surface area contributed by atoms with E-state index in [1.807, 2.05) is 0 Å². The average molecular weight is 400 g/mol. The minimum atomic E-state index is -0.397. The molecular weight excluding hydrogens is 350 g/mol. The molecule has 0 aliphatic rings. The first kappa shape index (κ1) is 27.4. The number of carbonyl (C=O) groups is 1. The Morgan fingerprint density at radius 2 is 1.11 bits per heavy atom. The lowest BCUT2D eigenvalue weighted by Gasteiger charge is -2.11. The van der Waals surface area contributed by atoms with Gasteiger partial charge in [0.2, 0.25) is 5.91 Å². The van der Waals surface area contributed by atoms with Crippen molar-refractivity contribution in [2.24, 2.45) is 0 Å². The molecule has 0 aromatic carbocycles. The maximum atomic E-state index is 11.7. The summed E-state index contributed by atoms with van der Waals surface area (Å²) in [6, 6.07) is 0. The van der Waals surface area contributed by atoms with Crippen molar-refractivity contribution in [3.05, 3.63) is 0 Å². The van der Waals surface area contributed by atoms with E-state index in [1.165, 1.54) is 57.8 Å². The predicted molar refractivity (Wildman–Crippen MR) is 119 cm³/mol. The van der Waals surface area contributed by atoms with Crippen LogP contribution in [0, 0.1) is 0 Å². The van der Waals surface area contributed by atoms with Crippen molar-refractivity contribution in [2.75, 3.05) is 6.54 Å². The van der Waals surface area contributed by atoms with Crippen molar-refractivity contribution in [3.8, 4) is 0 Å². The minimum Gasteiger partial charge on any atom is -0.393 e. The van der Waals surface area contributed by atoms with E-state index in [2.05, 4.69) is 19.2 Å². The largest absolute Gasteiger partial charge is 0.393 e. The molecule has 0 saturated heterocycles. The second-order valence-corrected chi connectivity index (χ2v) is 8.47. The van der Waals surface area contributed by atoms with Crippen molar-refractivity contribution in [3.63, 3.8) is 0 Å². The van der Waals surface area contributed by atoms with E-state index in [0.717, 1.165) is 51.4 Å². The first-order chi connectivity index (χ1) is 13.6. The molecule has 28 heavy (non-hydrogen) atoms. The normalized spacial score (nSPS) is 13.4. The lowest BCUT2D eigenvalue weighted by Crippen LogP contribution is -2.31. The Hall–Kier alpha value is -0.610. The van der Waals surface area contributed by atoms with Crippen molar-refractivity contribution in [2.45, 2.75) is 142 Å². The van der Waals surface area contributed by atoms with Gasteiger partial charge in [0.05, 0.1) is 12.2 Å². The summed E-state index contributed by atoms with van der Waals surface area (Å²) >= 11 is 0. The first-order valence-corrected chi connectivity index (χ1v) is 12.2. The van der Waals surface area contributed by atoms with E-state index in [9.17, 15) is 15.0 Å². The number of rotatable bonds is 21. The van der Waals surface area contributed by atoms with Gasteiger partial charge in [-0.25, -0.2) is 0 Å². The van der Waals surface area contributed by atoms with Crippen LogP contribution in [-0.2, 0) is 4.79 Å². The van der Waals surface area contributed by atoms with Gasteiger partial charge in [-0.15, -0.1) is 0 Å². The summed E-state index contributed by atoms with van der Waals surface area (Å²) in [7, 11) is 0. The van der Waals surface area contributed by atoms with Crippen molar-refractivity contribution in [1.82, 2.24) is 5.32 Å². The second-order valence-electron chi connectivity index (χ2n) is 8.47. The molecule has 0 aromatic heterocycles. The zero-order chi connectivity index (χ0) is 20.9. The number of unbranched alkanes of at least 4 members (excludes halogenated alkanes) is 11. The highest BCUT2D eigenvalue weighted by molar-refractivity contribution is 5.75. The van der Waals surface area contributed by atoms with Crippen molar-refractivity contribution in [1.29, 1.82) is 0 Å². The quantitative estimate of drug-likeness (QED) is 0.211. The van der Waals surface area contributed by atoms with Crippen LogP contribution in [0.1, 0.15) is 129 Å². The molecule has 168 valence electrons. The van der Waals surface area contributed by atoms with Gasteiger partial charge in [0.15, 0.2) is 0 Å². The number of hydrogen-bond donors (Lipinski definition) is 3. The smallest absolute Gasteiger partial charge is 0.220 e. The third-order valence-electron chi connectivity index (χ3n) is 5.51. The fourth-order valence-electron chi connectivity index (χ4n) is 3.54. The molecule has 1 amide bonds. The maximum absolute atomic E-state index is 11.7. The molecular formula is C24H49NO3. The summed E-state index contributed by atoms with van der Waals surface area (Å²) in [5.74, 6) is 0.0730. The van der Waals surface area contributed by atoms with Crippen LogP contribution in [0.25, 0.3) is 0 Å². The summed E-state index contributed by atoms with van der Waals surface area (Å²) < 4.78 is 0. The van der Waals surface area contributed by atoms with Crippen LogP contribution in [0.4, 0.5) is 0 Å². The van der Waals surface area contributed by atoms with Crippen LogP contribution in [0.2, 0.25) is 0 Å². The SMILES string of the molecule is CCCCCCC(O)CCCCCCCCCCC(=O)NCC(O)CCCC. The van der Waals surface area contributed by atoms with Crippen LogP contribution in [0.5, 0.6) is 0 Å². The maximum Gasteiger partial charge on any atom is 0.220 e. The molecule has 3 N–H and O–H groups in total. The predicted octanol–water partition coefficient (Wildman–Crippen LogP) is 5.89. The van der Waals surface area contributed by atoms with Gasteiger partial charge >= 0.3 is 0 Å². The molecule has 4 nitrogen and oxygen atoms in total. The number of aliphatic hydroxyl groups is 2. The molecule has 0 bridgehead atoms.